The molecule has 1 atom stereocenters. The van der Waals surface area contributed by atoms with E-state index in [9.17, 15) is 13.2 Å². The SMILES string of the molecule is O=C(O)c1cc(S(=O)(=O)NCC(O)CO)ccc1Br. The quantitative estimate of drug-likeness (QED) is 0.560. The molecule has 0 aliphatic carbocycles. The van der Waals surface area contributed by atoms with Crippen LogP contribution in [0, 0.1) is 0 Å². The zero-order valence-corrected chi connectivity index (χ0v) is 12.0. The zero-order chi connectivity index (χ0) is 14.6. The van der Waals surface area contributed by atoms with Crippen LogP contribution in [0.25, 0.3) is 0 Å². The maximum absolute atomic E-state index is 11.8. The van der Waals surface area contributed by atoms with E-state index in [-0.39, 0.29) is 21.5 Å². The van der Waals surface area contributed by atoms with Crippen molar-refractivity contribution in [1.82, 2.24) is 4.72 Å². The highest BCUT2D eigenvalue weighted by molar-refractivity contribution is 9.10. The summed E-state index contributed by atoms with van der Waals surface area (Å²) in [6.07, 6.45) is -1.22. The number of sulfonamides is 1. The first kappa shape index (κ1) is 16.1. The molecule has 1 aromatic carbocycles. The van der Waals surface area contributed by atoms with Crippen LogP contribution in [0.15, 0.2) is 27.6 Å². The largest absolute Gasteiger partial charge is 0.478 e. The Morgan fingerprint density at radius 1 is 1.42 bits per heavy atom. The second-order valence-corrected chi connectivity index (χ2v) is 6.26. The van der Waals surface area contributed by atoms with Gasteiger partial charge in [-0.3, -0.25) is 0 Å². The Labute approximate surface area is 118 Å². The summed E-state index contributed by atoms with van der Waals surface area (Å²) in [5.41, 5.74) is -0.189. The first-order valence-electron chi connectivity index (χ1n) is 5.09. The number of rotatable bonds is 6. The van der Waals surface area contributed by atoms with Crippen LogP contribution in [0.1, 0.15) is 10.4 Å². The fraction of sp³-hybridized carbons (Fsp3) is 0.300. The van der Waals surface area contributed by atoms with E-state index in [1.807, 2.05) is 0 Å². The molecule has 1 aromatic rings. The van der Waals surface area contributed by atoms with Gasteiger partial charge < -0.3 is 15.3 Å². The van der Waals surface area contributed by atoms with Gasteiger partial charge in [0.1, 0.15) is 0 Å². The first-order valence-corrected chi connectivity index (χ1v) is 7.37. The predicted octanol–water partition coefficient (Wildman–Crippen LogP) is -0.221. The van der Waals surface area contributed by atoms with E-state index in [1.165, 1.54) is 12.1 Å². The van der Waals surface area contributed by atoms with Crippen LogP contribution < -0.4 is 4.72 Å². The van der Waals surface area contributed by atoms with Gasteiger partial charge in [0.2, 0.25) is 10.0 Å². The maximum atomic E-state index is 11.8. The van der Waals surface area contributed by atoms with Gasteiger partial charge in [0, 0.05) is 11.0 Å². The number of aromatic carboxylic acids is 1. The van der Waals surface area contributed by atoms with Crippen molar-refractivity contribution in [2.24, 2.45) is 0 Å². The molecule has 0 aromatic heterocycles. The Balaban J connectivity index is 3.02. The third kappa shape index (κ3) is 4.25. The molecule has 19 heavy (non-hydrogen) atoms. The molecule has 0 heterocycles. The summed E-state index contributed by atoms with van der Waals surface area (Å²) in [5, 5.41) is 26.6. The van der Waals surface area contributed by atoms with Gasteiger partial charge in [-0.05, 0) is 34.1 Å². The average Bonchev–Trinajstić information content (AvgIpc) is 2.35. The number of benzene rings is 1. The number of halogens is 1. The summed E-state index contributed by atoms with van der Waals surface area (Å²) in [5.74, 6) is -1.26. The first-order chi connectivity index (χ1) is 8.77. The Bertz CT molecular complexity index is 573. The molecule has 1 rings (SSSR count). The summed E-state index contributed by atoms with van der Waals surface area (Å²) in [6, 6.07) is 3.53. The number of aliphatic hydroxyl groups is 2. The second-order valence-electron chi connectivity index (χ2n) is 3.64. The van der Waals surface area contributed by atoms with Crippen molar-refractivity contribution in [2.45, 2.75) is 11.0 Å². The summed E-state index contributed by atoms with van der Waals surface area (Å²) in [4.78, 5) is 10.7. The molecule has 0 spiro atoms. The lowest BCUT2D eigenvalue weighted by Crippen LogP contribution is -2.34. The van der Waals surface area contributed by atoms with Gasteiger partial charge >= 0.3 is 5.97 Å². The number of carboxylic acids is 1. The van der Waals surface area contributed by atoms with E-state index in [1.54, 1.807) is 0 Å². The highest BCUT2D eigenvalue weighted by Crippen LogP contribution is 2.21. The number of hydrogen-bond acceptors (Lipinski definition) is 5. The maximum Gasteiger partial charge on any atom is 0.336 e. The topological polar surface area (TPSA) is 124 Å². The average molecular weight is 354 g/mol. The standard InChI is InChI=1S/C10H12BrNO6S/c11-9-2-1-7(3-8(9)10(15)16)19(17,18)12-4-6(14)5-13/h1-3,6,12-14H,4-5H2,(H,15,16). The van der Waals surface area contributed by atoms with E-state index in [0.29, 0.717) is 0 Å². The van der Waals surface area contributed by atoms with Gasteiger partial charge in [-0.2, -0.15) is 0 Å². The summed E-state index contributed by atoms with van der Waals surface area (Å²) in [7, 11) is -3.94. The third-order valence-electron chi connectivity index (χ3n) is 2.20. The van der Waals surface area contributed by atoms with Gasteiger partial charge in [0.05, 0.1) is 23.2 Å². The number of carboxylic acid groups (broad SMARTS) is 1. The van der Waals surface area contributed by atoms with Gasteiger partial charge in [0.25, 0.3) is 0 Å². The van der Waals surface area contributed by atoms with Crippen molar-refractivity contribution in [3.63, 3.8) is 0 Å². The smallest absolute Gasteiger partial charge is 0.336 e. The van der Waals surface area contributed by atoms with E-state index >= 15 is 0 Å². The molecular weight excluding hydrogens is 342 g/mol. The predicted molar refractivity (Wildman–Crippen MR) is 69.4 cm³/mol. The van der Waals surface area contributed by atoms with Crippen molar-refractivity contribution in [2.75, 3.05) is 13.2 Å². The van der Waals surface area contributed by atoms with E-state index in [0.717, 1.165) is 6.07 Å². The van der Waals surface area contributed by atoms with Crippen molar-refractivity contribution < 1.29 is 28.5 Å². The molecule has 7 nitrogen and oxygen atoms in total. The van der Waals surface area contributed by atoms with Crippen LogP contribution in [0.5, 0.6) is 0 Å². The molecule has 0 aliphatic rings. The fourth-order valence-electron chi connectivity index (χ4n) is 1.19. The van der Waals surface area contributed by atoms with Crippen LogP contribution in [0.4, 0.5) is 0 Å². The number of nitrogens with one attached hydrogen (secondary N) is 1. The van der Waals surface area contributed by atoms with E-state index in [2.05, 4.69) is 20.7 Å². The third-order valence-corrected chi connectivity index (χ3v) is 4.31. The number of aliphatic hydroxyl groups excluding tert-OH is 2. The summed E-state index contributed by atoms with van der Waals surface area (Å²) in [6.45, 7) is -0.944. The zero-order valence-electron chi connectivity index (χ0n) is 9.58. The Morgan fingerprint density at radius 2 is 2.05 bits per heavy atom. The highest BCUT2D eigenvalue weighted by Gasteiger charge is 2.19. The molecule has 0 radical (unpaired) electrons. The molecule has 0 bridgehead atoms. The van der Waals surface area contributed by atoms with Gasteiger partial charge in [0.15, 0.2) is 0 Å². The lowest BCUT2D eigenvalue weighted by molar-refractivity contribution is 0.0695. The van der Waals surface area contributed by atoms with Crippen LogP contribution in [0.2, 0.25) is 0 Å². The highest BCUT2D eigenvalue weighted by atomic mass is 79.9. The Kier molecular flexibility index (Phi) is 5.44. The second kappa shape index (κ2) is 6.44. The van der Waals surface area contributed by atoms with Crippen molar-refractivity contribution >= 4 is 31.9 Å². The van der Waals surface area contributed by atoms with E-state index in [4.69, 9.17) is 15.3 Å². The molecule has 1 unspecified atom stereocenters. The molecule has 4 N–H and O–H groups in total. The van der Waals surface area contributed by atoms with Crippen molar-refractivity contribution in [3.05, 3.63) is 28.2 Å². The van der Waals surface area contributed by atoms with Crippen LogP contribution >= 0.6 is 15.9 Å². The molecule has 0 saturated carbocycles. The van der Waals surface area contributed by atoms with E-state index < -0.39 is 28.7 Å². The molecule has 0 saturated heterocycles. The van der Waals surface area contributed by atoms with Crippen molar-refractivity contribution in [1.29, 1.82) is 0 Å². The molecule has 0 aliphatic heterocycles. The Morgan fingerprint density at radius 3 is 2.58 bits per heavy atom. The minimum Gasteiger partial charge on any atom is -0.478 e. The molecular formula is C10H12BrNO6S. The monoisotopic (exact) mass is 353 g/mol. The molecule has 9 heteroatoms. The lowest BCUT2D eigenvalue weighted by Gasteiger charge is -2.10. The summed E-state index contributed by atoms with van der Waals surface area (Å²) >= 11 is 3.00. The minimum atomic E-state index is -3.94. The minimum absolute atomic E-state index is 0.189. The molecule has 106 valence electrons. The lowest BCUT2D eigenvalue weighted by atomic mass is 10.2. The van der Waals surface area contributed by atoms with Crippen LogP contribution in [0.3, 0.4) is 0 Å². The molecule has 0 amide bonds. The Hall–Kier alpha value is -1.00. The van der Waals surface area contributed by atoms with Gasteiger partial charge in [-0.1, -0.05) is 0 Å². The van der Waals surface area contributed by atoms with Crippen LogP contribution in [-0.2, 0) is 10.0 Å². The normalized spacial score (nSPS) is 13.2. The fourth-order valence-corrected chi connectivity index (χ4v) is 2.70. The number of carbonyl (C=O) groups is 1. The number of hydrogen-bond donors (Lipinski definition) is 4. The van der Waals surface area contributed by atoms with Gasteiger partial charge in [-0.15, -0.1) is 0 Å². The summed E-state index contributed by atoms with van der Waals surface area (Å²) < 4.78 is 26.0. The van der Waals surface area contributed by atoms with Crippen LogP contribution in [-0.4, -0.2) is 49.0 Å². The van der Waals surface area contributed by atoms with Crippen molar-refractivity contribution in [3.8, 4) is 0 Å². The molecule has 0 fully saturated rings. The van der Waals surface area contributed by atoms with Gasteiger partial charge in [-0.25, -0.2) is 17.9 Å².